The zero-order valence-electron chi connectivity index (χ0n) is 24.6. The number of hydrogen-bond acceptors (Lipinski definition) is 7. The van der Waals surface area contributed by atoms with Crippen LogP contribution < -0.4 is 14.5 Å². The van der Waals surface area contributed by atoms with Crippen molar-refractivity contribution < 1.29 is 28.6 Å². The van der Waals surface area contributed by atoms with Crippen LogP contribution in [0.1, 0.15) is 38.4 Å². The van der Waals surface area contributed by atoms with Crippen molar-refractivity contribution in [2.24, 2.45) is 11.8 Å². The average molecular weight is 590 g/mol. The molecule has 1 fully saturated rings. The fourth-order valence-corrected chi connectivity index (χ4v) is 7.08. The topological polar surface area (TPSA) is 110 Å². The number of nitrogens with zero attached hydrogens (tertiary/aromatic N) is 5. The molecule has 6 rings (SSSR count). The first kappa shape index (κ1) is 29.0. The van der Waals surface area contributed by atoms with Gasteiger partial charge in [0.1, 0.15) is 11.4 Å². The molecule has 0 bridgehead atoms. The van der Waals surface area contributed by atoms with Gasteiger partial charge in [-0.2, -0.15) is 0 Å². The summed E-state index contributed by atoms with van der Waals surface area (Å²) >= 11 is 0. The summed E-state index contributed by atoms with van der Waals surface area (Å²) < 4.78 is 30.1. The number of fused-ring (bicyclic) bond motifs is 3. The second-order valence-corrected chi connectivity index (χ2v) is 11.9. The van der Waals surface area contributed by atoms with E-state index in [1.807, 2.05) is 49.4 Å². The van der Waals surface area contributed by atoms with Gasteiger partial charge in [0.25, 0.3) is 11.8 Å². The third kappa shape index (κ3) is 4.71. The number of hydrogen-bond donors (Lipinski definition) is 1. The van der Waals surface area contributed by atoms with Crippen LogP contribution >= 0.6 is 0 Å². The molecule has 226 valence electrons. The quantitative estimate of drug-likeness (QED) is 0.375. The van der Waals surface area contributed by atoms with Crippen molar-refractivity contribution in [1.29, 1.82) is 0 Å². The Bertz CT molecular complexity index is 1570. The maximum absolute atomic E-state index is 16.0. The molecule has 1 N–H and O–H groups in total. The van der Waals surface area contributed by atoms with Crippen LogP contribution in [-0.4, -0.2) is 63.4 Å². The molecular weight excluding hydrogens is 553 g/mol. The molecule has 0 saturated carbocycles. The fraction of sp³-hybridized carbons (Fsp3) is 0.438. The molecule has 2 amide bonds. The summed E-state index contributed by atoms with van der Waals surface area (Å²) in [4.78, 5) is 30.8. The number of rotatable bonds is 9. The lowest BCUT2D eigenvalue weighted by Gasteiger charge is -2.33. The third-order valence-corrected chi connectivity index (χ3v) is 8.82. The van der Waals surface area contributed by atoms with Gasteiger partial charge in [-0.3, -0.25) is 19.2 Å². The molecule has 11 heteroatoms. The lowest BCUT2D eigenvalue weighted by molar-refractivity contribution is -0.146. The Labute approximate surface area is 249 Å². The van der Waals surface area contributed by atoms with Crippen LogP contribution in [0.5, 0.6) is 5.75 Å². The van der Waals surface area contributed by atoms with Gasteiger partial charge in [0.05, 0.1) is 23.2 Å². The Morgan fingerprint density at radius 3 is 2.74 bits per heavy atom. The van der Waals surface area contributed by atoms with E-state index in [0.717, 1.165) is 0 Å². The first-order valence-corrected chi connectivity index (χ1v) is 14.6. The highest BCUT2D eigenvalue weighted by molar-refractivity contribution is 6.10. The highest BCUT2D eigenvalue weighted by atomic mass is 19.1. The van der Waals surface area contributed by atoms with Crippen LogP contribution in [-0.2, 0) is 32.9 Å². The number of amides is 2. The van der Waals surface area contributed by atoms with E-state index >= 15 is 4.39 Å². The maximum Gasteiger partial charge on any atom is 0.269 e. The molecule has 2 aromatic carbocycles. The lowest BCUT2D eigenvalue weighted by Crippen LogP contribution is -2.45. The number of anilines is 3. The van der Waals surface area contributed by atoms with E-state index in [4.69, 9.17) is 9.47 Å². The summed E-state index contributed by atoms with van der Waals surface area (Å²) in [6.07, 6.45) is 3.58. The third-order valence-electron chi connectivity index (χ3n) is 8.82. The number of para-hydroxylation sites is 2. The predicted molar refractivity (Wildman–Crippen MR) is 158 cm³/mol. The molecule has 3 aromatic rings. The monoisotopic (exact) mass is 589 g/mol. The minimum Gasteiger partial charge on any atom is -0.482 e. The Morgan fingerprint density at radius 1 is 1.21 bits per heavy atom. The van der Waals surface area contributed by atoms with Crippen LogP contribution in [0.3, 0.4) is 0 Å². The molecule has 0 radical (unpaired) electrons. The van der Waals surface area contributed by atoms with Crippen LogP contribution in [0.2, 0.25) is 0 Å². The van der Waals surface area contributed by atoms with Gasteiger partial charge in [0, 0.05) is 55.4 Å². The number of carbonyl (C=O) groups excluding carboxylic acids is 2. The van der Waals surface area contributed by atoms with Crippen LogP contribution in [0.15, 0.2) is 61.3 Å². The van der Waals surface area contributed by atoms with E-state index in [2.05, 4.69) is 16.9 Å². The van der Waals surface area contributed by atoms with Crippen LogP contribution in [0, 0.1) is 11.8 Å². The van der Waals surface area contributed by atoms with Gasteiger partial charge in [-0.15, -0.1) is 11.7 Å². The zero-order chi connectivity index (χ0) is 30.5. The van der Waals surface area contributed by atoms with Gasteiger partial charge in [-0.05, 0) is 50.6 Å². The van der Waals surface area contributed by atoms with Crippen molar-refractivity contribution in [3.63, 3.8) is 0 Å². The lowest BCUT2D eigenvalue weighted by atomic mass is 9.71. The summed E-state index contributed by atoms with van der Waals surface area (Å²) in [7, 11) is 0. The number of halogens is 1. The fourth-order valence-electron chi connectivity index (χ4n) is 7.08. The minimum atomic E-state index is -1.67. The molecule has 3 aliphatic heterocycles. The Hall–Kier alpha value is -4.09. The van der Waals surface area contributed by atoms with Crippen molar-refractivity contribution in [2.45, 2.75) is 57.5 Å². The second-order valence-electron chi connectivity index (χ2n) is 11.9. The summed E-state index contributed by atoms with van der Waals surface area (Å²) in [6.45, 7) is 9.28. The van der Waals surface area contributed by atoms with Crippen LogP contribution in [0.4, 0.5) is 21.5 Å². The standard InChI is InChI=1S/C32H36FN5O5/c1-5-14-37-24-11-10-22(38-25-8-6-7-9-26(25)42-19-28(38)40)17-23(24)32(30(37)41)20(2)29(31(3,4)33)27(43-32)12-15-36-18-21(13-16-39)34-35-36/h5-11,17-18,20,27,29,39H,1,12-16,19H2,2-4H3/t20-,27+,29-,32+/m0/s1. The number of carbonyl (C=O) groups is 2. The summed E-state index contributed by atoms with van der Waals surface area (Å²) in [5.74, 6) is -1.09. The first-order valence-electron chi connectivity index (χ1n) is 14.6. The molecule has 4 heterocycles. The van der Waals surface area contributed by atoms with Gasteiger partial charge in [-0.1, -0.05) is 30.3 Å². The van der Waals surface area contributed by atoms with Gasteiger partial charge in [0.2, 0.25) is 0 Å². The minimum absolute atomic E-state index is 0.0328. The molecule has 0 unspecified atom stereocenters. The van der Waals surface area contributed by atoms with Gasteiger partial charge in [0.15, 0.2) is 12.2 Å². The summed E-state index contributed by atoms with van der Waals surface area (Å²) in [6, 6.07) is 12.8. The Kier molecular flexibility index (Phi) is 7.34. The molecule has 4 atom stereocenters. The first-order chi connectivity index (χ1) is 20.6. The van der Waals surface area contributed by atoms with Crippen molar-refractivity contribution in [2.75, 3.05) is 29.6 Å². The number of benzene rings is 2. The smallest absolute Gasteiger partial charge is 0.269 e. The van der Waals surface area contributed by atoms with Crippen molar-refractivity contribution >= 4 is 28.9 Å². The van der Waals surface area contributed by atoms with Crippen molar-refractivity contribution in [1.82, 2.24) is 15.0 Å². The summed E-state index contributed by atoms with van der Waals surface area (Å²) in [5, 5.41) is 17.4. The zero-order valence-corrected chi connectivity index (χ0v) is 24.6. The van der Waals surface area contributed by atoms with E-state index < -0.39 is 29.2 Å². The molecule has 0 aliphatic carbocycles. The van der Waals surface area contributed by atoms with Gasteiger partial charge < -0.3 is 19.5 Å². The number of alkyl halides is 1. The Balaban J connectivity index is 1.42. The molecule has 3 aliphatic rings. The summed E-state index contributed by atoms with van der Waals surface area (Å²) in [5.41, 5.74) is -0.0445. The molecule has 10 nitrogen and oxygen atoms in total. The maximum atomic E-state index is 16.0. The van der Waals surface area contributed by atoms with E-state index in [1.54, 1.807) is 26.8 Å². The molecule has 43 heavy (non-hydrogen) atoms. The normalized spacial score (nSPS) is 24.8. The van der Waals surface area contributed by atoms with E-state index in [1.165, 1.54) is 13.8 Å². The number of aryl methyl sites for hydroxylation is 1. The average Bonchev–Trinajstić information content (AvgIpc) is 3.62. The molecular formula is C32H36FN5O5. The SMILES string of the molecule is C=CCN1C(=O)[C@]2(O[C@H](CCn3cc(CCO)nn3)[C@@H](C(C)(C)F)[C@@H]2C)c2cc(N3C(=O)COc4ccccc43)ccc21. The number of ether oxygens (including phenoxy) is 2. The van der Waals surface area contributed by atoms with E-state index in [-0.39, 0.29) is 31.6 Å². The highest BCUT2D eigenvalue weighted by Gasteiger charge is 2.66. The largest absolute Gasteiger partial charge is 0.482 e. The van der Waals surface area contributed by atoms with Gasteiger partial charge >= 0.3 is 0 Å². The number of aliphatic hydroxyl groups is 1. The van der Waals surface area contributed by atoms with Crippen LogP contribution in [0.25, 0.3) is 0 Å². The number of aromatic nitrogens is 3. The molecule has 1 spiro atoms. The highest BCUT2D eigenvalue weighted by Crippen LogP contribution is 2.59. The van der Waals surface area contributed by atoms with Crippen molar-refractivity contribution in [3.05, 3.63) is 72.6 Å². The second kappa shape index (κ2) is 10.9. The van der Waals surface area contributed by atoms with E-state index in [9.17, 15) is 14.7 Å². The van der Waals surface area contributed by atoms with Crippen molar-refractivity contribution in [3.8, 4) is 5.75 Å². The predicted octanol–water partition coefficient (Wildman–Crippen LogP) is 4.09. The van der Waals surface area contributed by atoms with E-state index in [0.29, 0.717) is 53.5 Å². The molecule has 1 saturated heterocycles. The Morgan fingerprint density at radius 2 is 2.00 bits per heavy atom. The molecule has 1 aromatic heterocycles. The van der Waals surface area contributed by atoms with Gasteiger partial charge in [-0.25, -0.2) is 4.39 Å². The number of aliphatic hydroxyl groups excluding tert-OH is 1.